The Morgan fingerprint density at radius 2 is 1.96 bits per heavy atom. The molecule has 148 valence electrons. The van der Waals surface area contributed by atoms with E-state index in [1.807, 2.05) is 0 Å². The minimum Gasteiger partial charge on any atom is -0.395 e. The van der Waals surface area contributed by atoms with Gasteiger partial charge in [-0.2, -0.15) is 0 Å². The summed E-state index contributed by atoms with van der Waals surface area (Å²) in [6.07, 6.45) is 0.228. The smallest absolute Gasteiger partial charge is 0.262 e. The fraction of sp³-hybridized carbons (Fsp3) is 0.474. The molecule has 3 aliphatic heterocycles. The normalized spacial score (nSPS) is 25.8. The van der Waals surface area contributed by atoms with Gasteiger partial charge in [0.25, 0.3) is 11.8 Å². The molecule has 0 bridgehead atoms. The number of imide groups is 2. The van der Waals surface area contributed by atoms with Crippen molar-refractivity contribution in [3.05, 3.63) is 34.9 Å². The summed E-state index contributed by atoms with van der Waals surface area (Å²) >= 11 is 0. The highest BCUT2D eigenvalue weighted by molar-refractivity contribution is 6.24. The molecule has 0 aliphatic carbocycles. The van der Waals surface area contributed by atoms with Gasteiger partial charge in [-0.25, -0.2) is 0 Å². The lowest BCUT2D eigenvalue weighted by Crippen LogP contribution is -2.54. The highest BCUT2D eigenvalue weighted by Crippen LogP contribution is 2.30. The van der Waals surface area contributed by atoms with E-state index in [0.717, 1.165) is 11.4 Å². The van der Waals surface area contributed by atoms with Gasteiger partial charge >= 0.3 is 0 Å². The standard InChI is InChI=1S/C19H22N4O5/c24-10-12-8-20-6-7-22(12)9-11-2-1-3-13-16(11)19(28)23(18(13)27)14-4-5-15(25)21-17(14)26/h1-3,12,14,20,24H,4-10H2,(H,21,25,26). The number of carbonyl (C=O) groups excluding carboxylic acids is 4. The van der Waals surface area contributed by atoms with Crippen LogP contribution in [-0.2, 0) is 16.1 Å². The van der Waals surface area contributed by atoms with Crippen molar-refractivity contribution in [3.8, 4) is 0 Å². The van der Waals surface area contributed by atoms with E-state index in [1.54, 1.807) is 18.2 Å². The number of piperidine rings is 1. The topological polar surface area (TPSA) is 119 Å². The minimum absolute atomic E-state index is 0.00268. The zero-order valence-corrected chi connectivity index (χ0v) is 15.3. The maximum absolute atomic E-state index is 13.1. The van der Waals surface area contributed by atoms with Crippen LogP contribution in [0.1, 0.15) is 39.1 Å². The summed E-state index contributed by atoms with van der Waals surface area (Å²) in [6.45, 7) is 2.57. The van der Waals surface area contributed by atoms with Crippen LogP contribution >= 0.6 is 0 Å². The average molecular weight is 386 g/mol. The van der Waals surface area contributed by atoms with Crippen LogP contribution in [0, 0.1) is 0 Å². The minimum atomic E-state index is -0.970. The molecule has 3 heterocycles. The first-order valence-corrected chi connectivity index (χ1v) is 9.40. The highest BCUT2D eigenvalue weighted by atomic mass is 16.3. The van der Waals surface area contributed by atoms with Crippen molar-refractivity contribution in [2.75, 3.05) is 26.2 Å². The lowest BCUT2D eigenvalue weighted by Gasteiger charge is -2.35. The predicted octanol–water partition coefficient (Wildman–Crippen LogP) is -1.15. The fourth-order valence-electron chi connectivity index (χ4n) is 4.13. The first kappa shape index (κ1) is 18.7. The van der Waals surface area contributed by atoms with E-state index >= 15 is 0 Å². The molecule has 0 spiro atoms. The molecule has 4 amide bonds. The van der Waals surface area contributed by atoms with E-state index in [1.165, 1.54) is 0 Å². The van der Waals surface area contributed by atoms with Crippen molar-refractivity contribution in [3.63, 3.8) is 0 Å². The summed E-state index contributed by atoms with van der Waals surface area (Å²) in [5.74, 6) is -2.02. The molecule has 3 aliphatic rings. The third kappa shape index (κ3) is 3.11. The van der Waals surface area contributed by atoms with Crippen LogP contribution < -0.4 is 10.6 Å². The number of hydrogen-bond donors (Lipinski definition) is 3. The van der Waals surface area contributed by atoms with Gasteiger partial charge in [0.2, 0.25) is 11.8 Å². The van der Waals surface area contributed by atoms with Crippen LogP contribution in [0.2, 0.25) is 0 Å². The lowest BCUT2D eigenvalue weighted by atomic mass is 10.0. The summed E-state index contributed by atoms with van der Waals surface area (Å²) in [6, 6.07) is 4.08. The summed E-state index contributed by atoms with van der Waals surface area (Å²) in [4.78, 5) is 52.6. The second-order valence-electron chi connectivity index (χ2n) is 7.30. The van der Waals surface area contributed by atoms with Crippen LogP contribution in [0.15, 0.2) is 18.2 Å². The quantitative estimate of drug-likeness (QED) is 0.559. The number of hydrogen-bond acceptors (Lipinski definition) is 7. The van der Waals surface area contributed by atoms with Crippen molar-refractivity contribution in [1.29, 1.82) is 0 Å². The first-order chi connectivity index (χ1) is 13.5. The maximum atomic E-state index is 13.1. The molecule has 9 heteroatoms. The molecular formula is C19H22N4O5. The monoisotopic (exact) mass is 386 g/mol. The molecule has 2 unspecified atom stereocenters. The van der Waals surface area contributed by atoms with Gasteiger partial charge < -0.3 is 10.4 Å². The number of benzene rings is 1. The molecule has 0 radical (unpaired) electrons. The average Bonchev–Trinajstić information content (AvgIpc) is 2.94. The Balaban J connectivity index is 1.63. The van der Waals surface area contributed by atoms with Crippen LogP contribution in [-0.4, -0.2) is 76.9 Å². The molecule has 2 fully saturated rings. The SMILES string of the molecule is O=C1CCC(N2C(=O)c3cccc(CN4CCNCC4CO)c3C2=O)C(=O)N1. The van der Waals surface area contributed by atoms with Crippen molar-refractivity contribution in [2.45, 2.75) is 31.5 Å². The largest absolute Gasteiger partial charge is 0.395 e. The Bertz CT molecular complexity index is 855. The van der Waals surface area contributed by atoms with Crippen molar-refractivity contribution >= 4 is 23.6 Å². The van der Waals surface area contributed by atoms with Crippen LogP contribution in [0.5, 0.6) is 0 Å². The molecule has 4 rings (SSSR count). The Kier molecular flexibility index (Phi) is 4.96. The van der Waals surface area contributed by atoms with Gasteiger partial charge in [-0.3, -0.25) is 34.3 Å². The van der Waals surface area contributed by atoms with E-state index < -0.39 is 29.7 Å². The van der Waals surface area contributed by atoms with E-state index in [2.05, 4.69) is 15.5 Å². The van der Waals surface area contributed by atoms with Crippen molar-refractivity contribution in [2.24, 2.45) is 0 Å². The Hall–Kier alpha value is -2.62. The molecule has 28 heavy (non-hydrogen) atoms. The zero-order valence-electron chi connectivity index (χ0n) is 15.3. The highest BCUT2D eigenvalue weighted by Gasteiger charge is 2.45. The van der Waals surface area contributed by atoms with Crippen molar-refractivity contribution < 1.29 is 24.3 Å². The number of aliphatic hydroxyl groups is 1. The van der Waals surface area contributed by atoms with Gasteiger partial charge in [0.05, 0.1) is 17.7 Å². The van der Waals surface area contributed by atoms with Crippen LogP contribution in [0.4, 0.5) is 0 Å². The number of fused-ring (bicyclic) bond motifs is 1. The lowest BCUT2D eigenvalue weighted by molar-refractivity contribution is -0.136. The number of nitrogens with zero attached hydrogens (tertiary/aromatic N) is 2. The number of amides is 4. The molecular weight excluding hydrogens is 364 g/mol. The second-order valence-corrected chi connectivity index (χ2v) is 7.30. The summed E-state index contributed by atoms with van der Waals surface area (Å²) in [5, 5.41) is 15.0. The van der Waals surface area contributed by atoms with Gasteiger partial charge in [0, 0.05) is 38.6 Å². The number of piperazine rings is 1. The molecule has 3 N–H and O–H groups in total. The van der Waals surface area contributed by atoms with E-state index in [9.17, 15) is 24.3 Å². The third-order valence-electron chi connectivity index (χ3n) is 5.61. The first-order valence-electron chi connectivity index (χ1n) is 9.40. The number of nitrogens with one attached hydrogen (secondary N) is 2. The number of rotatable bonds is 4. The Morgan fingerprint density at radius 3 is 2.71 bits per heavy atom. The predicted molar refractivity (Wildman–Crippen MR) is 97.3 cm³/mol. The second kappa shape index (κ2) is 7.42. The van der Waals surface area contributed by atoms with E-state index in [-0.39, 0.29) is 31.1 Å². The Morgan fingerprint density at radius 1 is 1.14 bits per heavy atom. The van der Waals surface area contributed by atoms with E-state index in [4.69, 9.17) is 0 Å². The molecule has 0 aromatic heterocycles. The summed E-state index contributed by atoms with van der Waals surface area (Å²) in [5.41, 5.74) is 1.29. The maximum Gasteiger partial charge on any atom is 0.262 e. The molecule has 2 atom stereocenters. The van der Waals surface area contributed by atoms with E-state index in [0.29, 0.717) is 30.8 Å². The van der Waals surface area contributed by atoms with Crippen molar-refractivity contribution in [1.82, 2.24) is 20.4 Å². The summed E-state index contributed by atoms with van der Waals surface area (Å²) in [7, 11) is 0. The molecule has 1 aromatic rings. The molecule has 9 nitrogen and oxygen atoms in total. The van der Waals surface area contributed by atoms with Gasteiger partial charge in [-0.15, -0.1) is 0 Å². The molecule has 0 saturated carbocycles. The fourth-order valence-corrected chi connectivity index (χ4v) is 4.13. The van der Waals surface area contributed by atoms with Crippen LogP contribution in [0.25, 0.3) is 0 Å². The molecule has 2 saturated heterocycles. The van der Waals surface area contributed by atoms with Gasteiger partial charge in [-0.1, -0.05) is 12.1 Å². The van der Waals surface area contributed by atoms with Crippen LogP contribution in [0.3, 0.4) is 0 Å². The van der Waals surface area contributed by atoms with Gasteiger partial charge in [-0.05, 0) is 18.1 Å². The number of aliphatic hydroxyl groups excluding tert-OH is 1. The zero-order chi connectivity index (χ0) is 19.8. The van der Waals surface area contributed by atoms with Gasteiger partial charge in [0.15, 0.2) is 0 Å². The Labute approximate surface area is 161 Å². The van der Waals surface area contributed by atoms with Gasteiger partial charge in [0.1, 0.15) is 6.04 Å². The number of carbonyl (C=O) groups is 4. The summed E-state index contributed by atoms with van der Waals surface area (Å²) < 4.78 is 0. The third-order valence-corrected chi connectivity index (χ3v) is 5.61. The molecule has 1 aromatic carbocycles.